The third-order valence-electron chi connectivity index (χ3n) is 2.94. The van der Waals surface area contributed by atoms with Gasteiger partial charge < -0.3 is 5.11 Å². The third-order valence-corrected chi connectivity index (χ3v) is 3.17. The largest absolute Gasteiger partial charge is 0.393 e. The molecule has 1 nitrogen and oxygen atoms in total. The Hall–Kier alpha value is -0.600. The van der Waals surface area contributed by atoms with E-state index in [0.29, 0.717) is 22.9 Å². The normalized spacial score (nSPS) is 15.0. The van der Waals surface area contributed by atoms with E-state index in [1.165, 1.54) is 12.1 Å². The Balaban J connectivity index is 2.67. The molecule has 0 radical (unpaired) electrons. The highest BCUT2D eigenvalue weighted by molar-refractivity contribution is 6.30. The zero-order chi connectivity index (χ0) is 13.0. The molecular formula is C14H20ClFO. The molecule has 0 aliphatic rings. The fraction of sp³-hybridized carbons (Fsp3) is 0.571. The second-order valence-electron chi connectivity index (χ2n) is 5.11. The van der Waals surface area contributed by atoms with Crippen LogP contribution in [0.3, 0.4) is 0 Å². The molecule has 0 fully saturated rings. The smallest absolute Gasteiger partial charge is 0.126 e. The zero-order valence-corrected chi connectivity index (χ0v) is 11.3. The Morgan fingerprint density at radius 3 is 2.53 bits per heavy atom. The Kier molecular flexibility index (Phi) is 5.41. The van der Waals surface area contributed by atoms with E-state index in [9.17, 15) is 9.50 Å². The van der Waals surface area contributed by atoms with Crippen LogP contribution >= 0.6 is 11.6 Å². The molecule has 2 unspecified atom stereocenters. The Morgan fingerprint density at radius 2 is 1.94 bits per heavy atom. The van der Waals surface area contributed by atoms with Gasteiger partial charge in [0.2, 0.25) is 0 Å². The zero-order valence-electron chi connectivity index (χ0n) is 10.6. The number of aliphatic hydroxyl groups excluding tert-OH is 1. The van der Waals surface area contributed by atoms with Crippen molar-refractivity contribution in [1.29, 1.82) is 0 Å². The molecule has 96 valence electrons. The van der Waals surface area contributed by atoms with Crippen LogP contribution in [0.1, 0.15) is 32.8 Å². The molecule has 0 aliphatic heterocycles. The molecule has 3 heteroatoms. The number of hydrogen-bond acceptors (Lipinski definition) is 1. The van der Waals surface area contributed by atoms with Crippen molar-refractivity contribution in [2.45, 2.75) is 39.7 Å². The lowest BCUT2D eigenvalue weighted by molar-refractivity contribution is 0.104. The first-order valence-electron chi connectivity index (χ1n) is 6.02. The molecule has 1 N–H and O–H groups in total. The van der Waals surface area contributed by atoms with Crippen LogP contribution in [0.2, 0.25) is 5.02 Å². The molecule has 0 saturated heterocycles. The molecule has 0 aliphatic carbocycles. The summed E-state index contributed by atoms with van der Waals surface area (Å²) in [5.41, 5.74) is 0.487. The minimum atomic E-state index is -0.523. The van der Waals surface area contributed by atoms with Crippen LogP contribution in [-0.2, 0) is 6.42 Å². The monoisotopic (exact) mass is 258 g/mol. The molecule has 2 atom stereocenters. The van der Waals surface area contributed by atoms with Crippen molar-refractivity contribution in [2.24, 2.45) is 11.8 Å². The summed E-state index contributed by atoms with van der Waals surface area (Å²) in [4.78, 5) is 0. The van der Waals surface area contributed by atoms with Gasteiger partial charge in [-0.3, -0.25) is 0 Å². The molecule has 1 aromatic rings. The number of rotatable bonds is 5. The van der Waals surface area contributed by atoms with Crippen LogP contribution in [0.25, 0.3) is 0 Å². The first-order valence-corrected chi connectivity index (χ1v) is 6.40. The van der Waals surface area contributed by atoms with Crippen molar-refractivity contribution >= 4 is 11.6 Å². The fourth-order valence-electron chi connectivity index (χ4n) is 2.03. The summed E-state index contributed by atoms with van der Waals surface area (Å²) in [6.07, 6.45) is 0.731. The Labute approximate surface area is 108 Å². The summed E-state index contributed by atoms with van der Waals surface area (Å²) >= 11 is 5.82. The molecule has 0 amide bonds. The summed E-state index contributed by atoms with van der Waals surface area (Å²) in [5, 5.41) is 10.5. The maximum absolute atomic E-state index is 13.5. The SMILES string of the molecule is CC(C)CC(C)C(O)Cc1cc(Cl)ccc1F. The van der Waals surface area contributed by atoms with Crippen molar-refractivity contribution in [1.82, 2.24) is 0 Å². The van der Waals surface area contributed by atoms with E-state index >= 15 is 0 Å². The highest BCUT2D eigenvalue weighted by Crippen LogP contribution is 2.21. The van der Waals surface area contributed by atoms with Crippen molar-refractivity contribution in [3.8, 4) is 0 Å². The highest BCUT2D eigenvalue weighted by Gasteiger charge is 2.17. The second kappa shape index (κ2) is 6.36. The molecule has 17 heavy (non-hydrogen) atoms. The van der Waals surface area contributed by atoms with E-state index in [2.05, 4.69) is 13.8 Å². The Morgan fingerprint density at radius 1 is 1.29 bits per heavy atom. The topological polar surface area (TPSA) is 20.2 Å². The third kappa shape index (κ3) is 4.64. The maximum Gasteiger partial charge on any atom is 0.126 e. The molecule has 1 aromatic carbocycles. The quantitative estimate of drug-likeness (QED) is 0.844. The van der Waals surface area contributed by atoms with E-state index in [4.69, 9.17) is 11.6 Å². The van der Waals surface area contributed by atoms with Crippen LogP contribution in [0.15, 0.2) is 18.2 Å². The van der Waals surface area contributed by atoms with Gasteiger partial charge in [-0.05, 0) is 42.0 Å². The molecule has 0 bridgehead atoms. The van der Waals surface area contributed by atoms with E-state index < -0.39 is 6.10 Å². The van der Waals surface area contributed by atoms with Crippen LogP contribution < -0.4 is 0 Å². The van der Waals surface area contributed by atoms with Gasteiger partial charge in [0.1, 0.15) is 5.82 Å². The number of benzene rings is 1. The lowest BCUT2D eigenvalue weighted by Crippen LogP contribution is -2.22. The van der Waals surface area contributed by atoms with Gasteiger partial charge in [0, 0.05) is 11.4 Å². The average Bonchev–Trinajstić information content (AvgIpc) is 2.22. The summed E-state index contributed by atoms with van der Waals surface area (Å²) < 4.78 is 13.5. The molecule has 1 rings (SSSR count). The lowest BCUT2D eigenvalue weighted by atomic mass is 9.90. The molecule has 0 heterocycles. The molecule has 0 spiro atoms. The van der Waals surface area contributed by atoms with Crippen molar-refractivity contribution < 1.29 is 9.50 Å². The second-order valence-corrected chi connectivity index (χ2v) is 5.55. The van der Waals surface area contributed by atoms with Crippen LogP contribution in [0.5, 0.6) is 0 Å². The van der Waals surface area contributed by atoms with E-state index in [0.717, 1.165) is 6.42 Å². The molecular weight excluding hydrogens is 239 g/mol. The summed E-state index contributed by atoms with van der Waals surface area (Å²) in [7, 11) is 0. The first-order chi connectivity index (χ1) is 7.90. The van der Waals surface area contributed by atoms with Gasteiger partial charge >= 0.3 is 0 Å². The maximum atomic E-state index is 13.5. The number of hydrogen-bond donors (Lipinski definition) is 1. The van der Waals surface area contributed by atoms with Crippen molar-refractivity contribution in [2.75, 3.05) is 0 Å². The van der Waals surface area contributed by atoms with Gasteiger partial charge in [-0.1, -0.05) is 32.4 Å². The minimum Gasteiger partial charge on any atom is -0.393 e. The fourth-order valence-corrected chi connectivity index (χ4v) is 2.22. The van der Waals surface area contributed by atoms with Crippen molar-refractivity contribution in [3.63, 3.8) is 0 Å². The highest BCUT2D eigenvalue weighted by atomic mass is 35.5. The molecule has 0 aromatic heterocycles. The molecule has 0 saturated carbocycles. The predicted molar refractivity (Wildman–Crippen MR) is 69.7 cm³/mol. The predicted octanol–water partition coefficient (Wildman–Crippen LogP) is 4.06. The van der Waals surface area contributed by atoms with Crippen molar-refractivity contribution in [3.05, 3.63) is 34.6 Å². The first kappa shape index (κ1) is 14.5. The van der Waals surface area contributed by atoms with E-state index in [1.807, 2.05) is 6.92 Å². The Bertz CT molecular complexity index is 365. The summed E-state index contributed by atoms with van der Waals surface area (Å²) in [5.74, 6) is 0.391. The van der Waals surface area contributed by atoms with Crippen LogP contribution in [0, 0.1) is 17.7 Å². The van der Waals surface area contributed by atoms with Gasteiger partial charge in [-0.2, -0.15) is 0 Å². The van der Waals surface area contributed by atoms with Gasteiger partial charge in [0.25, 0.3) is 0 Å². The summed E-state index contributed by atoms with van der Waals surface area (Å²) in [6, 6.07) is 4.45. The van der Waals surface area contributed by atoms with E-state index in [1.54, 1.807) is 6.07 Å². The average molecular weight is 259 g/mol. The number of halogens is 2. The van der Waals surface area contributed by atoms with Gasteiger partial charge in [-0.25, -0.2) is 4.39 Å². The minimum absolute atomic E-state index is 0.161. The van der Waals surface area contributed by atoms with Crippen LogP contribution in [-0.4, -0.2) is 11.2 Å². The van der Waals surface area contributed by atoms with Gasteiger partial charge in [0.15, 0.2) is 0 Å². The standard InChI is InChI=1S/C14H20ClFO/c1-9(2)6-10(3)14(17)8-11-7-12(15)4-5-13(11)16/h4-5,7,9-10,14,17H,6,8H2,1-3H3. The van der Waals surface area contributed by atoms with Gasteiger partial charge in [-0.15, -0.1) is 0 Å². The summed E-state index contributed by atoms with van der Waals surface area (Å²) in [6.45, 7) is 6.22. The van der Waals surface area contributed by atoms with E-state index in [-0.39, 0.29) is 11.7 Å². The number of aliphatic hydroxyl groups is 1. The van der Waals surface area contributed by atoms with Gasteiger partial charge in [0.05, 0.1) is 6.10 Å². The lowest BCUT2D eigenvalue weighted by Gasteiger charge is -2.20. The van der Waals surface area contributed by atoms with Crippen LogP contribution in [0.4, 0.5) is 4.39 Å².